The van der Waals surface area contributed by atoms with Crippen LogP contribution in [0.5, 0.6) is 0 Å². The fraction of sp³-hybridized carbons (Fsp3) is 0.429. The molecule has 0 aliphatic heterocycles. The van der Waals surface area contributed by atoms with Gasteiger partial charge in [0.05, 0.1) is 5.69 Å². The van der Waals surface area contributed by atoms with Crippen LogP contribution in [0.25, 0.3) is 10.2 Å². The van der Waals surface area contributed by atoms with Crippen molar-refractivity contribution in [1.82, 2.24) is 10.3 Å². The third-order valence-electron chi connectivity index (χ3n) is 3.04. The van der Waals surface area contributed by atoms with Crippen molar-refractivity contribution >= 4 is 33.1 Å². The molecule has 0 atom stereocenters. The first-order valence-electron chi connectivity index (χ1n) is 6.34. The lowest BCUT2D eigenvalue weighted by atomic mass is 10.1. The molecule has 3 N–H and O–H groups in total. The Kier molecular flexibility index (Phi) is 3.75. The molecule has 0 bridgehead atoms. The Morgan fingerprint density at radius 1 is 1.47 bits per heavy atom. The summed E-state index contributed by atoms with van der Waals surface area (Å²) in [5.74, 6) is 0.312. The highest BCUT2D eigenvalue weighted by Crippen LogP contribution is 2.33. The van der Waals surface area contributed by atoms with Crippen LogP contribution >= 0.6 is 11.3 Å². The summed E-state index contributed by atoms with van der Waals surface area (Å²) in [6.07, 6.45) is 0. The number of aromatic nitrogens is 1. The molecule has 0 fully saturated rings. The molecule has 0 unspecified atom stereocenters. The highest BCUT2D eigenvalue weighted by atomic mass is 32.1. The van der Waals surface area contributed by atoms with Crippen molar-refractivity contribution in [3.05, 3.63) is 22.2 Å². The smallest absolute Gasteiger partial charge is 0.263 e. The van der Waals surface area contributed by atoms with Crippen molar-refractivity contribution in [1.29, 1.82) is 0 Å². The van der Waals surface area contributed by atoms with E-state index in [1.807, 2.05) is 19.9 Å². The Balaban J connectivity index is 2.39. The van der Waals surface area contributed by atoms with E-state index >= 15 is 0 Å². The molecular weight excluding hydrogens is 258 g/mol. The lowest BCUT2D eigenvalue weighted by molar-refractivity contribution is 0.0954. The van der Waals surface area contributed by atoms with E-state index in [1.165, 1.54) is 11.3 Å². The SMILES string of the molecule is Cc1cc2c(N)c(C(=O)NCC(C)C)sc2nc1C. The standard InChI is InChI=1S/C14H19N3OS/c1-7(2)6-16-13(18)12-11(15)10-5-8(3)9(4)17-14(10)19-12/h5,7H,6,15H2,1-4H3,(H,16,18). The summed E-state index contributed by atoms with van der Waals surface area (Å²) in [5, 5.41) is 3.77. The summed E-state index contributed by atoms with van der Waals surface area (Å²) >= 11 is 1.36. The first-order valence-corrected chi connectivity index (χ1v) is 7.16. The van der Waals surface area contributed by atoms with E-state index in [1.54, 1.807) is 0 Å². The zero-order chi connectivity index (χ0) is 14.2. The molecule has 0 spiro atoms. The quantitative estimate of drug-likeness (QED) is 0.906. The molecule has 2 aromatic rings. The van der Waals surface area contributed by atoms with Crippen molar-refractivity contribution < 1.29 is 4.79 Å². The molecule has 0 radical (unpaired) electrons. The van der Waals surface area contributed by atoms with Gasteiger partial charge in [0.1, 0.15) is 9.71 Å². The van der Waals surface area contributed by atoms with E-state index in [2.05, 4.69) is 24.1 Å². The summed E-state index contributed by atoms with van der Waals surface area (Å²) in [7, 11) is 0. The fourth-order valence-electron chi connectivity index (χ4n) is 1.77. The number of thiophene rings is 1. The average Bonchev–Trinajstić information content (AvgIpc) is 2.65. The molecule has 0 aliphatic carbocycles. The van der Waals surface area contributed by atoms with Crippen molar-refractivity contribution in [3.8, 4) is 0 Å². The number of aryl methyl sites for hydroxylation is 2. The molecule has 5 heteroatoms. The third kappa shape index (κ3) is 2.71. The summed E-state index contributed by atoms with van der Waals surface area (Å²) in [6.45, 7) is 8.73. The molecule has 2 aromatic heterocycles. The largest absolute Gasteiger partial charge is 0.397 e. The number of carbonyl (C=O) groups is 1. The second-order valence-corrected chi connectivity index (χ2v) is 6.19. The Hall–Kier alpha value is -1.62. The Morgan fingerprint density at radius 3 is 2.79 bits per heavy atom. The second-order valence-electron chi connectivity index (χ2n) is 5.19. The van der Waals surface area contributed by atoms with Gasteiger partial charge in [-0.05, 0) is 31.4 Å². The maximum Gasteiger partial charge on any atom is 0.263 e. The molecule has 0 aliphatic rings. The summed E-state index contributed by atoms with van der Waals surface area (Å²) in [6, 6.07) is 2.00. The minimum atomic E-state index is -0.107. The van der Waals surface area contributed by atoms with Crippen molar-refractivity contribution in [3.63, 3.8) is 0 Å². The predicted molar refractivity (Wildman–Crippen MR) is 80.7 cm³/mol. The molecule has 2 heterocycles. The summed E-state index contributed by atoms with van der Waals surface area (Å²) in [4.78, 5) is 18.0. The number of rotatable bonds is 3. The number of hydrogen-bond acceptors (Lipinski definition) is 4. The van der Waals surface area contributed by atoms with E-state index in [9.17, 15) is 4.79 Å². The molecule has 0 saturated heterocycles. The number of nitrogens with zero attached hydrogens (tertiary/aromatic N) is 1. The number of pyridine rings is 1. The van der Waals surface area contributed by atoms with Gasteiger partial charge >= 0.3 is 0 Å². The number of nitrogen functional groups attached to an aromatic ring is 1. The fourth-order valence-corrected chi connectivity index (χ4v) is 2.81. The highest BCUT2D eigenvalue weighted by Gasteiger charge is 2.17. The first-order chi connectivity index (χ1) is 8.90. The monoisotopic (exact) mass is 277 g/mol. The maximum absolute atomic E-state index is 12.1. The molecule has 0 aromatic carbocycles. The van der Waals surface area contributed by atoms with Crippen molar-refractivity contribution in [2.45, 2.75) is 27.7 Å². The Bertz CT molecular complexity index is 631. The van der Waals surface area contributed by atoms with Crippen LogP contribution in [-0.4, -0.2) is 17.4 Å². The predicted octanol–water partition coefficient (Wildman–Crippen LogP) is 2.88. The molecule has 4 nitrogen and oxygen atoms in total. The Labute approximate surface area is 117 Å². The summed E-state index contributed by atoms with van der Waals surface area (Å²) < 4.78 is 0. The van der Waals surface area contributed by atoms with Gasteiger partial charge in [-0.2, -0.15) is 0 Å². The zero-order valence-electron chi connectivity index (χ0n) is 11.7. The number of nitrogens with one attached hydrogen (secondary N) is 1. The number of carbonyl (C=O) groups excluding carboxylic acids is 1. The van der Waals surface area contributed by atoms with Gasteiger partial charge in [0.2, 0.25) is 0 Å². The number of fused-ring (bicyclic) bond motifs is 1. The van der Waals surface area contributed by atoms with E-state index < -0.39 is 0 Å². The third-order valence-corrected chi connectivity index (χ3v) is 4.16. The molecule has 102 valence electrons. The van der Waals surface area contributed by atoms with Gasteiger partial charge in [0.25, 0.3) is 5.91 Å². The van der Waals surface area contributed by atoms with Crippen LogP contribution in [0, 0.1) is 19.8 Å². The number of nitrogens with two attached hydrogens (primary N) is 1. The number of amides is 1. The molecule has 19 heavy (non-hydrogen) atoms. The van der Waals surface area contributed by atoms with E-state index in [0.29, 0.717) is 23.0 Å². The minimum absolute atomic E-state index is 0.107. The van der Waals surface area contributed by atoms with Gasteiger partial charge in [0, 0.05) is 17.6 Å². The zero-order valence-corrected chi connectivity index (χ0v) is 12.5. The van der Waals surface area contributed by atoms with Crippen LogP contribution in [0.4, 0.5) is 5.69 Å². The lowest BCUT2D eigenvalue weighted by Crippen LogP contribution is -2.27. The van der Waals surface area contributed by atoms with E-state index in [4.69, 9.17) is 5.73 Å². The van der Waals surface area contributed by atoms with Crippen LogP contribution < -0.4 is 11.1 Å². The highest BCUT2D eigenvalue weighted by molar-refractivity contribution is 7.21. The number of anilines is 1. The van der Waals surface area contributed by atoms with E-state index in [-0.39, 0.29) is 5.91 Å². The van der Waals surface area contributed by atoms with Crippen molar-refractivity contribution in [2.24, 2.45) is 5.92 Å². The van der Waals surface area contributed by atoms with Crippen LogP contribution in [0.3, 0.4) is 0 Å². The minimum Gasteiger partial charge on any atom is -0.397 e. The molecule has 2 rings (SSSR count). The second kappa shape index (κ2) is 5.17. The van der Waals surface area contributed by atoms with Crippen LogP contribution in [0.1, 0.15) is 34.8 Å². The van der Waals surface area contributed by atoms with Crippen LogP contribution in [0.2, 0.25) is 0 Å². The van der Waals surface area contributed by atoms with Crippen LogP contribution in [-0.2, 0) is 0 Å². The molecule has 1 amide bonds. The van der Waals surface area contributed by atoms with Gasteiger partial charge in [0.15, 0.2) is 0 Å². The lowest BCUT2D eigenvalue weighted by Gasteiger charge is -2.06. The van der Waals surface area contributed by atoms with Gasteiger partial charge in [-0.25, -0.2) is 4.98 Å². The Morgan fingerprint density at radius 2 is 2.16 bits per heavy atom. The van der Waals surface area contributed by atoms with Gasteiger partial charge < -0.3 is 11.1 Å². The van der Waals surface area contributed by atoms with Crippen molar-refractivity contribution in [2.75, 3.05) is 12.3 Å². The van der Waals surface area contributed by atoms with Gasteiger partial charge in [-0.1, -0.05) is 13.8 Å². The first kappa shape index (κ1) is 13.8. The summed E-state index contributed by atoms with van der Waals surface area (Å²) in [5.41, 5.74) is 8.68. The number of hydrogen-bond donors (Lipinski definition) is 2. The van der Waals surface area contributed by atoms with Gasteiger partial charge in [-0.3, -0.25) is 4.79 Å². The van der Waals surface area contributed by atoms with Crippen LogP contribution in [0.15, 0.2) is 6.07 Å². The molecule has 0 saturated carbocycles. The van der Waals surface area contributed by atoms with Gasteiger partial charge in [-0.15, -0.1) is 11.3 Å². The average molecular weight is 277 g/mol. The maximum atomic E-state index is 12.1. The topological polar surface area (TPSA) is 68.0 Å². The van der Waals surface area contributed by atoms with E-state index in [0.717, 1.165) is 21.5 Å². The molecular formula is C14H19N3OS. The normalized spacial score (nSPS) is 11.2.